The van der Waals surface area contributed by atoms with E-state index in [0.717, 1.165) is 11.4 Å². The van der Waals surface area contributed by atoms with Gasteiger partial charge in [0.2, 0.25) is 5.95 Å². The predicted octanol–water partition coefficient (Wildman–Crippen LogP) is 2.34. The third-order valence-electron chi connectivity index (χ3n) is 14.6. The highest BCUT2D eigenvalue weighted by molar-refractivity contribution is 6.33. The van der Waals surface area contributed by atoms with Gasteiger partial charge >= 0.3 is 24.2 Å². The summed E-state index contributed by atoms with van der Waals surface area (Å²) in [5, 5.41) is 66.0. The fourth-order valence-electron chi connectivity index (χ4n) is 10.3. The molecule has 16 atom stereocenters. The van der Waals surface area contributed by atoms with E-state index in [1.54, 1.807) is 31.8 Å². The molecule has 0 bridgehead atoms. The second-order valence-electron chi connectivity index (χ2n) is 20.0. The predicted molar refractivity (Wildman–Crippen MR) is 292 cm³/mol. The molecule has 0 aromatic carbocycles. The number of anilines is 3. The lowest BCUT2D eigenvalue weighted by atomic mass is 9.98. The summed E-state index contributed by atoms with van der Waals surface area (Å²) in [4.78, 5) is 67.9. The number of aliphatic hydroxyl groups excluding tert-OH is 6. The van der Waals surface area contributed by atoms with Crippen LogP contribution in [0.1, 0.15) is 85.7 Å². The summed E-state index contributed by atoms with van der Waals surface area (Å²) in [6.45, 7) is 10.7. The average Bonchev–Trinajstić information content (AvgIpc) is 3.07. The zero-order valence-electron chi connectivity index (χ0n) is 46.7. The molecule has 8 aromatic rings. The highest BCUT2D eigenvalue weighted by Crippen LogP contribution is 2.40. The first-order valence-electron chi connectivity index (χ1n) is 26.6. The number of halogens is 5. The van der Waals surface area contributed by atoms with Crippen LogP contribution in [0.5, 0.6) is 0 Å². The Kier molecular flexibility index (Phi) is 19.0. The van der Waals surface area contributed by atoms with Gasteiger partial charge in [-0.15, -0.1) is 4.91 Å². The van der Waals surface area contributed by atoms with Crippen molar-refractivity contribution in [3.63, 3.8) is 0 Å². The summed E-state index contributed by atoms with van der Waals surface area (Å²) >= 11 is 11.8. The van der Waals surface area contributed by atoms with Crippen LogP contribution in [0.15, 0.2) is 30.6 Å². The Morgan fingerprint density at radius 2 is 1.03 bits per heavy atom. The highest BCUT2D eigenvalue weighted by atomic mass is 35.5. The maximum Gasteiger partial charge on any atom is 0.312 e. The molecule has 8 aromatic heterocycles. The van der Waals surface area contributed by atoms with Gasteiger partial charge < -0.3 is 65.4 Å². The number of hydrogen-bond acceptors (Lipinski definition) is 28. The molecule has 4 aliphatic heterocycles. The Labute approximate surface area is 493 Å². The standard InChI is InChI=1S/C14H18ClN5O3.C12H15FN6O4.C11H12ClFN4O3.C11H14FN5O3/c1-4-8-6(2)10(22-7(3)21)13(23-8)20-5-17-9-11(15)18-14(16)19-12(9)20;1-3-5-7(20)8(21)11(23-5)19-4-14-6-9(18(2)17-22)15-12(13)16-10(6)19;1-2-4-6(18)7(19)10(20-4)17-3-14-5-8(12)15-11(13)16-9(5)17;1-4-6(18)7(19)10(20-4)17-3-14-5-8(13-2)15-11(12)16-9(5)17/h5-6,8,10,13H,4H2,1-3H3,(H2,16,18,19);4-5,7-8,11,20-21H,3H2,1-2H3;3-4,6-7,10,18-19H,2H2,1H3;3-4,6-7,10,18-19H,1-2H3,(H,13,15,16)/t6-,8-,10-,13?;5-,7-,8-,11?;2*4-,6-,7-,10?/m1111/s1. The number of nitrogen functional groups attached to an aromatic ring is 1. The van der Waals surface area contributed by atoms with E-state index in [-0.39, 0.29) is 73.9 Å². The Morgan fingerprint density at radius 1 is 0.616 bits per heavy atom. The molecule has 33 nitrogen and oxygen atoms in total. The van der Waals surface area contributed by atoms with Gasteiger partial charge in [-0.1, -0.05) is 50.9 Å². The lowest BCUT2D eigenvalue weighted by Crippen LogP contribution is -2.31. The Morgan fingerprint density at radius 3 is 1.51 bits per heavy atom. The topological polar surface area (TPSA) is 430 Å². The summed E-state index contributed by atoms with van der Waals surface area (Å²) in [6, 6.07) is 0. The molecule has 4 aliphatic rings. The SMILES string of the molecule is CC[C@H]1OC(n2cnc3c(Cl)nc(F)nc32)[C@H](O)[C@@H]1O.CC[C@H]1OC(n2cnc3c(Cl)nc(N)nc32)[C@H](OC(C)=O)[C@@H]1C.CC[C@H]1OC(n2cnc3c(N(C)N=O)nc(F)nc32)[C@H](O)[C@@H]1O.CNc1nc(F)nc2c1ncn2C1O[C@H](C)[C@@H](O)[C@H]1O. The summed E-state index contributed by atoms with van der Waals surface area (Å²) in [5.74, 6) is -0.134. The monoisotopic (exact) mass is 1250 g/mol. The van der Waals surface area contributed by atoms with Crippen molar-refractivity contribution < 1.29 is 72.3 Å². The molecule has 38 heteroatoms. The van der Waals surface area contributed by atoms with E-state index < -0.39 is 104 Å². The number of aromatic nitrogens is 16. The van der Waals surface area contributed by atoms with E-state index in [4.69, 9.17) is 52.6 Å². The van der Waals surface area contributed by atoms with Crippen molar-refractivity contribution >= 4 is 91.4 Å². The number of nitroso groups, excluding NO2 is 1. The number of esters is 1. The van der Waals surface area contributed by atoms with E-state index in [1.807, 2.05) is 20.8 Å². The van der Waals surface area contributed by atoms with Crippen LogP contribution < -0.4 is 16.1 Å². The first-order chi connectivity index (χ1) is 40.9. The van der Waals surface area contributed by atoms with Crippen LogP contribution in [0.3, 0.4) is 0 Å². The van der Waals surface area contributed by atoms with E-state index in [1.165, 1.54) is 46.7 Å². The van der Waals surface area contributed by atoms with Crippen LogP contribution in [0.25, 0.3) is 44.7 Å². The van der Waals surface area contributed by atoms with Gasteiger partial charge in [0.1, 0.15) is 47.7 Å². The first-order valence-corrected chi connectivity index (χ1v) is 27.3. The zero-order chi connectivity index (χ0) is 62.3. The Balaban J connectivity index is 0.000000137. The molecule has 464 valence electrons. The van der Waals surface area contributed by atoms with Crippen LogP contribution >= 0.6 is 23.2 Å². The van der Waals surface area contributed by atoms with Gasteiger partial charge in [-0.25, -0.2) is 24.9 Å². The van der Waals surface area contributed by atoms with Gasteiger partial charge in [0, 0.05) is 26.9 Å². The molecule has 4 unspecified atom stereocenters. The lowest BCUT2D eigenvalue weighted by molar-refractivity contribution is -0.153. The van der Waals surface area contributed by atoms with E-state index in [2.05, 4.69) is 70.4 Å². The molecular weight excluding hydrogens is 1190 g/mol. The number of hydrogen-bond donors (Lipinski definition) is 8. The molecule has 4 saturated heterocycles. The molecule has 4 fully saturated rings. The second-order valence-corrected chi connectivity index (χ2v) is 20.7. The molecule has 0 amide bonds. The van der Waals surface area contributed by atoms with Gasteiger partial charge in [0.25, 0.3) is 0 Å². The van der Waals surface area contributed by atoms with Crippen LogP contribution in [0.4, 0.5) is 30.8 Å². The molecule has 0 saturated carbocycles. The molecule has 9 N–H and O–H groups in total. The second kappa shape index (κ2) is 25.9. The van der Waals surface area contributed by atoms with Gasteiger partial charge in [0.15, 0.2) is 86.6 Å². The summed E-state index contributed by atoms with van der Waals surface area (Å²) in [5.41, 5.74) is 7.56. The summed E-state index contributed by atoms with van der Waals surface area (Å²) in [7, 11) is 2.89. The largest absolute Gasteiger partial charge is 0.457 e. The minimum atomic E-state index is -1.22. The van der Waals surface area contributed by atoms with Crippen LogP contribution in [-0.2, 0) is 28.5 Å². The number of carbonyl (C=O) groups excluding carboxylic acids is 1. The molecule has 0 spiro atoms. The maximum atomic E-state index is 13.7. The molecule has 12 heterocycles. The van der Waals surface area contributed by atoms with Crippen molar-refractivity contribution in [2.75, 3.05) is 30.2 Å². The highest BCUT2D eigenvalue weighted by Gasteiger charge is 2.47. The number of nitrogens with two attached hydrogens (primary N) is 1. The van der Waals surface area contributed by atoms with Crippen molar-refractivity contribution in [1.29, 1.82) is 0 Å². The van der Waals surface area contributed by atoms with Crippen LogP contribution in [0.2, 0.25) is 10.3 Å². The van der Waals surface area contributed by atoms with E-state index >= 15 is 0 Å². The fraction of sp³-hybridized carbons (Fsp3) is 0.562. The van der Waals surface area contributed by atoms with Gasteiger partial charge in [0.05, 0.1) is 55.0 Å². The van der Waals surface area contributed by atoms with Gasteiger partial charge in [-0.05, 0) is 26.2 Å². The molecule has 86 heavy (non-hydrogen) atoms. The zero-order valence-corrected chi connectivity index (χ0v) is 48.2. The number of ether oxygens (including phenoxy) is 5. The number of nitrogens with zero attached hydrogens (tertiary/aromatic N) is 18. The smallest absolute Gasteiger partial charge is 0.312 e. The van der Waals surface area contributed by atoms with E-state index in [0.29, 0.717) is 29.5 Å². The minimum absolute atomic E-state index is 0.0241. The third-order valence-corrected chi connectivity index (χ3v) is 15.2. The summed E-state index contributed by atoms with van der Waals surface area (Å²) < 4.78 is 74.3. The molecule has 0 radical (unpaired) electrons. The van der Waals surface area contributed by atoms with Crippen molar-refractivity contribution in [3.05, 3.63) is 58.8 Å². The van der Waals surface area contributed by atoms with Crippen LogP contribution in [-0.4, -0.2) is 196 Å². The minimum Gasteiger partial charge on any atom is -0.457 e. The quantitative estimate of drug-likeness (QED) is 0.0303. The number of carbonyl (C=O) groups is 1. The number of imidazole rings is 4. The summed E-state index contributed by atoms with van der Waals surface area (Å²) in [6.07, 6.45) is -7.62. The third kappa shape index (κ3) is 12.1. The number of fused-ring (bicyclic) bond motifs is 4. The fourth-order valence-corrected chi connectivity index (χ4v) is 10.7. The molecular formula is C48H59Cl2F3N20O13. The first kappa shape index (κ1) is 63.2. The number of nitrogens with one attached hydrogen (secondary N) is 1. The Bertz CT molecular complexity index is 3740. The molecule has 0 aliphatic carbocycles. The number of rotatable bonds is 11. The lowest BCUT2D eigenvalue weighted by Gasteiger charge is -2.21. The van der Waals surface area contributed by atoms with Crippen molar-refractivity contribution in [2.45, 2.75) is 153 Å². The number of aliphatic hydroxyl groups is 6. The van der Waals surface area contributed by atoms with E-state index in [9.17, 15) is 53.5 Å². The van der Waals surface area contributed by atoms with Crippen molar-refractivity contribution in [2.24, 2.45) is 11.2 Å². The Hall–Kier alpha value is -7.36. The van der Waals surface area contributed by atoms with Crippen molar-refractivity contribution in [1.82, 2.24) is 78.1 Å². The van der Waals surface area contributed by atoms with Crippen molar-refractivity contribution in [3.8, 4) is 0 Å². The average molecular weight is 1250 g/mol. The van der Waals surface area contributed by atoms with Gasteiger partial charge in [-0.2, -0.15) is 53.0 Å². The normalized spacial score (nSPS) is 28.7. The molecule has 12 rings (SSSR count). The maximum absolute atomic E-state index is 13.7. The van der Waals surface area contributed by atoms with Gasteiger partial charge in [-0.3, -0.25) is 23.1 Å². The van der Waals surface area contributed by atoms with Crippen LogP contribution in [0, 0.1) is 29.1 Å².